The molecule has 0 radical (unpaired) electrons. The Morgan fingerprint density at radius 1 is 1.46 bits per heavy atom. The second-order valence-corrected chi connectivity index (χ2v) is 7.90. The number of hydrogen-bond acceptors (Lipinski definition) is 3. The van der Waals surface area contributed by atoms with Crippen molar-refractivity contribution in [1.29, 1.82) is 0 Å². The van der Waals surface area contributed by atoms with E-state index in [0.717, 1.165) is 31.1 Å². The van der Waals surface area contributed by atoms with E-state index in [0.29, 0.717) is 4.75 Å². The summed E-state index contributed by atoms with van der Waals surface area (Å²) in [7, 11) is 1.83. The van der Waals surface area contributed by atoms with Crippen LogP contribution < -0.4 is 10.6 Å². The summed E-state index contributed by atoms with van der Waals surface area (Å²) in [5.74, 6) is 2.16. The molecule has 7 heteroatoms. The second kappa shape index (κ2) is 8.94. The molecule has 0 saturated carbocycles. The van der Waals surface area contributed by atoms with Crippen LogP contribution in [0.15, 0.2) is 29.5 Å². The minimum absolute atomic E-state index is 0. The average molecular weight is 459 g/mol. The molecule has 1 fully saturated rings. The number of fused-ring (bicyclic) bond motifs is 1. The normalized spacial score (nSPS) is 20.8. The van der Waals surface area contributed by atoms with Gasteiger partial charge in [-0.2, -0.15) is 11.8 Å². The van der Waals surface area contributed by atoms with Crippen LogP contribution in [-0.2, 0) is 6.42 Å². The Kier molecular flexibility index (Phi) is 7.21. The molecular weight excluding hydrogens is 433 g/mol. The number of thioether (sulfide) groups is 1. The van der Waals surface area contributed by atoms with Crippen LogP contribution >= 0.6 is 35.7 Å². The van der Waals surface area contributed by atoms with Crippen LogP contribution in [0.2, 0.25) is 0 Å². The van der Waals surface area contributed by atoms with Crippen molar-refractivity contribution >= 4 is 52.7 Å². The summed E-state index contributed by atoms with van der Waals surface area (Å²) in [5, 5.41) is 8.08. The fraction of sp³-hybridized carbons (Fsp3) is 0.529. The first-order valence-electron chi connectivity index (χ1n) is 8.20. The molecule has 0 aromatic carbocycles. The molecule has 0 bridgehead atoms. The van der Waals surface area contributed by atoms with E-state index in [2.05, 4.69) is 50.3 Å². The van der Waals surface area contributed by atoms with Crippen molar-refractivity contribution in [2.24, 2.45) is 4.99 Å². The monoisotopic (exact) mass is 459 g/mol. The molecule has 132 valence electrons. The highest BCUT2D eigenvalue weighted by atomic mass is 127. The zero-order valence-electron chi connectivity index (χ0n) is 14.3. The standard InChI is InChI=1S/C17H25N5S.HI/c1-17(7-4-10-23-17)12-22-16(18-2)20-9-6-13-11-21-15-14(13)5-3-8-19-15;/h3,5,8,11H,4,6-7,9-10,12H2,1-2H3,(H,19,21)(H2,18,20,22);1H. The van der Waals surface area contributed by atoms with Gasteiger partial charge in [0.1, 0.15) is 5.65 Å². The summed E-state index contributed by atoms with van der Waals surface area (Å²) in [4.78, 5) is 11.9. The zero-order chi connectivity index (χ0) is 16.1. The average Bonchev–Trinajstić information content (AvgIpc) is 3.18. The molecule has 0 amide bonds. The highest BCUT2D eigenvalue weighted by Crippen LogP contribution is 2.36. The summed E-state index contributed by atoms with van der Waals surface area (Å²) in [6, 6.07) is 4.09. The van der Waals surface area contributed by atoms with Gasteiger partial charge in [-0.15, -0.1) is 24.0 Å². The fourth-order valence-corrected chi connectivity index (χ4v) is 4.25. The Balaban J connectivity index is 0.00000208. The third kappa shape index (κ3) is 4.78. The van der Waals surface area contributed by atoms with E-state index < -0.39 is 0 Å². The van der Waals surface area contributed by atoms with Gasteiger partial charge >= 0.3 is 0 Å². The van der Waals surface area contributed by atoms with Gasteiger partial charge in [0.15, 0.2) is 5.96 Å². The molecule has 1 saturated heterocycles. The highest BCUT2D eigenvalue weighted by Gasteiger charge is 2.29. The first-order chi connectivity index (χ1) is 11.2. The van der Waals surface area contributed by atoms with Gasteiger partial charge in [-0.05, 0) is 49.6 Å². The Morgan fingerprint density at radius 3 is 3.08 bits per heavy atom. The quantitative estimate of drug-likeness (QED) is 0.365. The maximum absolute atomic E-state index is 4.33. The van der Waals surface area contributed by atoms with E-state index >= 15 is 0 Å². The van der Waals surface area contributed by atoms with Crippen molar-refractivity contribution in [3.63, 3.8) is 0 Å². The van der Waals surface area contributed by atoms with Gasteiger partial charge in [-0.3, -0.25) is 4.99 Å². The van der Waals surface area contributed by atoms with Crippen molar-refractivity contribution in [3.8, 4) is 0 Å². The summed E-state index contributed by atoms with van der Waals surface area (Å²) in [5.41, 5.74) is 2.24. The topological polar surface area (TPSA) is 65.1 Å². The lowest BCUT2D eigenvalue weighted by molar-refractivity contribution is 0.584. The van der Waals surface area contributed by atoms with Gasteiger partial charge in [0.25, 0.3) is 0 Å². The van der Waals surface area contributed by atoms with E-state index in [1.165, 1.54) is 29.5 Å². The van der Waals surface area contributed by atoms with Crippen LogP contribution in [0.4, 0.5) is 0 Å². The number of guanidine groups is 1. The number of aromatic nitrogens is 2. The van der Waals surface area contributed by atoms with Gasteiger partial charge in [0.2, 0.25) is 0 Å². The molecule has 0 aliphatic carbocycles. The molecule has 24 heavy (non-hydrogen) atoms. The maximum Gasteiger partial charge on any atom is 0.191 e. The van der Waals surface area contributed by atoms with Crippen LogP contribution in [-0.4, -0.2) is 46.6 Å². The number of H-pyrrole nitrogens is 1. The van der Waals surface area contributed by atoms with Gasteiger partial charge in [-0.25, -0.2) is 4.98 Å². The Labute approximate surface area is 164 Å². The molecule has 1 unspecified atom stereocenters. The van der Waals surface area contributed by atoms with Crippen LogP contribution in [0.1, 0.15) is 25.3 Å². The number of halogens is 1. The smallest absolute Gasteiger partial charge is 0.191 e. The summed E-state index contributed by atoms with van der Waals surface area (Å²) >= 11 is 2.06. The maximum atomic E-state index is 4.33. The van der Waals surface area contributed by atoms with E-state index in [1.54, 1.807) is 0 Å². The Hall–Kier alpha value is -0.960. The molecule has 1 atom stereocenters. The van der Waals surface area contributed by atoms with Crippen LogP contribution in [0, 0.1) is 0 Å². The fourth-order valence-electron chi connectivity index (χ4n) is 3.00. The summed E-state index contributed by atoms with van der Waals surface area (Å²) < 4.78 is 0.347. The van der Waals surface area contributed by atoms with E-state index in [-0.39, 0.29) is 24.0 Å². The Morgan fingerprint density at radius 2 is 2.33 bits per heavy atom. The number of aliphatic imine (C=N–C) groups is 1. The summed E-state index contributed by atoms with van der Waals surface area (Å²) in [6.45, 7) is 4.16. The van der Waals surface area contributed by atoms with Crippen molar-refractivity contribution in [3.05, 3.63) is 30.1 Å². The van der Waals surface area contributed by atoms with Gasteiger partial charge in [0, 0.05) is 42.7 Å². The molecular formula is C17H26IN5S. The number of pyridine rings is 1. The lowest BCUT2D eigenvalue weighted by Gasteiger charge is -2.24. The van der Waals surface area contributed by atoms with E-state index in [1.807, 2.05) is 25.5 Å². The lowest BCUT2D eigenvalue weighted by Crippen LogP contribution is -2.44. The van der Waals surface area contributed by atoms with Crippen molar-refractivity contribution < 1.29 is 0 Å². The van der Waals surface area contributed by atoms with Crippen molar-refractivity contribution in [2.45, 2.75) is 30.9 Å². The molecule has 5 nitrogen and oxygen atoms in total. The van der Waals surface area contributed by atoms with Crippen LogP contribution in [0.3, 0.4) is 0 Å². The van der Waals surface area contributed by atoms with Gasteiger partial charge < -0.3 is 15.6 Å². The van der Waals surface area contributed by atoms with Crippen LogP contribution in [0.5, 0.6) is 0 Å². The molecule has 1 aliphatic rings. The third-order valence-corrected chi connectivity index (χ3v) is 5.92. The molecule has 0 spiro atoms. The molecule has 2 aromatic rings. The first-order valence-corrected chi connectivity index (χ1v) is 9.18. The first kappa shape index (κ1) is 19.4. The second-order valence-electron chi connectivity index (χ2n) is 6.22. The number of hydrogen-bond donors (Lipinski definition) is 3. The van der Waals surface area contributed by atoms with E-state index in [4.69, 9.17) is 0 Å². The molecule has 3 N–H and O–H groups in total. The predicted octanol–water partition coefficient (Wildman–Crippen LogP) is 3.17. The molecule has 1 aliphatic heterocycles. The Bertz CT molecular complexity index is 678. The van der Waals surface area contributed by atoms with Crippen molar-refractivity contribution in [2.75, 3.05) is 25.9 Å². The highest BCUT2D eigenvalue weighted by molar-refractivity contribution is 14.0. The predicted molar refractivity (Wildman–Crippen MR) is 115 cm³/mol. The van der Waals surface area contributed by atoms with Gasteiger partial charge in [0.05, 0.1) is 0 Å². The number of aromatic amines is 1. The van der Waals surface area contributed by atoms with Crippen molar-refractivity contribution in [1.82, 2.24) is 20.6 Å². The largest absolute Gasteiger partial charge is 0.356 e. The minimum atomic E-state index is 0. The SMILES string of the molecule is CN=C(NCCc1c[nH]c2ncccc12)NCC1(C)CCCS1.I. The third-order valence-electron chi connectivity index (χ3n) is 4.38. The molecule has 2 aromatic heterocycles. The summed E-state index contributed by atoms with van der Waals surface area (Å²) in [6.07, 6.45) is 7.41. The number of nitrogens with one attached hydrogen (secondary N) is 3. The zero-order valence-corrected chi connectivity index (χ0v) is 17.4. The number of rotatable bonds is 5. The molecule has 3 rings (SSSR count). The number of nitrogens with zero attached hydrogens (tertiary/aromatic N) is 2. The lowest BCUT2D eigenvalue weighted by atomic mass is 10.1. The van der Waals surface area contributed by atoms with Gasteiger partial charge in [-0.1, -0.05) is 0 Å². The van der Waals surface area contributed by atoms with Crippen LogP contribution in [0.25, 0.3) is 11.0 Å². The van der Waals surface area contributed by atoms with E-state index in [9.17, 15) is 0 Å². The molecule has 3 heterocycles. The minimum Gasteiger partial charge on any atom is -0.356 e.